The molecule has 1 heterocycles. The van der Waals surface area contributed by atoms with Crippen LogP contribution in [0.2, 0.25) is 0 Å². The van der Waals surface area contributed by atoms with Gasteiger partial charge >= 0.3 is 0 Å². The first-order chi connectivity index (χ1) is 9.62. The molecule has 1 saturated heterocycles. The molecule has 20 heavy (non-hydrogen) atoms. The minimum absolute atomic E-state index is 0.463. The van der Waals surface area contributed by atoms with E-state index in [0.717, 1.165) is 24.5 Å². The molecule has 0 bridgehead atoms. The summed E-state index contributed by atoms with van der Waals surface area (Å²) in [5.74, 6) is 1.59. The normalized spacial score (nSPS) is 20.9. The first-order valence-electron chi connectivity index (χ1n) is 7.28. The molecule has 112 valence electrons. The topological polar surface area (TPSA) is 33.7 Å². The van der Waals surface area contributed by atoms with Crippen molar-refractivity contribution < 1.29 is 9.47 Å². The largest absolute Gasteiger partial charge is 0.493 e. The number of nitrogens with zero attached hydrogens (tertiary/aromatic N) is 1. The van der Waals surface area contributed by atoms with Gasteiger partial charge in [0.2, 0.25) is 0 Å². The van der Waals surface area contributed by atoms with Crippen molar-refractivity contribution in [3.63, 3.8) is 0 Å². The van der Waals surface area contributed by atoms with Crippen LogP contribution in [-0.2, 0) is 6.42 Å². The maximum absolute atomic E-state index is 5.35. The lowest BCUT2D eigenvalue weighted by Gasteiger charge is -2.20. The summed E-state index contributed by atoms with van der Waals surface area (Å²) >= 11 is 0. The van der Waals surface area contributed by atoms with Crippen LogP contribution in [0.5, 0.6) is 11.5 Å². The van der Waals surface area contributed by atoms with Crippen LogP contribution in [0.4, 0.5) is 0 Å². The summed E-state index contributed by atoms with van der Waals surface area (Å²) in [7, 11) is 5.52. The van der Waals surface area contributed by atoms with E-state index in [2.05, 4.69) is 36.3 Å². The molecule has 0 aromatic heterocycles. The Hall–Kier alpha value is -1.26. The lowest BCUT2D eigenvalue weighted by molar-refractivity contribution is 0.354. The summed E-state index contributed by atoms with van der Waals surface area (Å²) in [4.78, 5) is 2.38. The SMILES string of the molecule is COc1ccc(CC(C)NC2CCN(C)C2)cc1OC. The Balaban J connectivity index is 1.92. The zero-order valence-corrected chi connectivity index (χ0v) is 13.0. The number of benzene rings is 1. The number of ether oxygens (including phenoxy) is 2. The Bertz CT molecular complexity index is 436. The number of nitrogens with one attached hydrogen (secondary N) is 1. The average molecular weight is 278 g/mol. The summed E-state index contributed by atoms with van der Waals surface area (Å²) in [6, 6.07) is 7.24. The fourth-order valence-electron chi connectivity index (χ4n) is 2.89. The van der Waals surface area contributed by atoms with Gasteiger partial charge in [-0.25, -0.2) is 0 Å². The van der Waals surface area contributed by atoms with Crippen molar-refractivity contribution in [1.82, 2.24) is 10.2 Å². The summed E-state index contributed by atoms with van der Waals surface area (Å²) in [6.45, 7) is 4.59. The van der Waals surface area contributed by atoms with Gasteiger partial charge in [0.05, 0.1) is 14.2 Å². The van der Waals surface area contributed by atoms with Gasteiger partial charge in [-0.15, -0.1) is 0 Å². The first kappa shape index (κ1) is 15.1. The Morgan fingerprint density at radius 1 is 1.30 bits per heavy atom. The molecule has 1 aliphatic heterocycles. The quantitative estimate of drug-likeness (QED) is 0.862. The third kappa shape index (κ3) is 3.87. The van der Waals surface area contributed by atoms with Gasteiger partial charge in [0, 0.05) is 18.6 Å². The minimum Gasteiger partial charge on any atom is -0.493 e. The van der Waals surface area contributed by atoms with Crippen LogP contribution in [0.3, 0.4) is 0 Å². The second-order valence-electron chi connectivity index (χ2n) is 5.71. The molecule has 1 fully saturated rings. The van der Waals surface area contributed by atoms with E-state index >= 15 is 0 Å². The molecule has 1 aromatic rings. The number of rotatable bonds is 6. The van der Waals surface area contributed by atoms with Crippen molar-refractivity contribution in [3.8, 4) is 11.5 Å². The fraction of sp³-hybridized carbons (Fsp3) is 0.625. The minimum atomic E-state index is 0.463. The molecular weight excluding hydrogens is 252 g/mol. The van der Waals surface area contributed by atoms with E-state index in [1.807, 2.05) is 6.07 Å². The number of likely N-dealkylation sites (tertiary alicyclic amines) is 1. The van der Waals surface area contributed by atoms with Crippen molar-refractivity contribution in [2.45, 2.75) is 31.8 Å². The van der Waals surface area contributed by atoms with Gasteiger partial charge in [0.1, 0.15) is 0 Å². The Labute approximate surface area is 122 Å². The second kappa shape index (κ2) is 6.95. The highest BCUT2D eigenvalue weighted by molar-refractivity contribution is 5.43. The summed E-state index contributed by atoms with van der Waals surface area (Å²) in [5, 5.41) is 3.71. The molecule has 2 atom stereocenters. The van der Waals surface area contributed by atoms with E-state index in [0.29, 0.717) is 12.1 Å². The lowest BCUT2D eigenvalue weighted by Crippen LogP contribution is -2.39. The highest BCUT2D eigenvalue weighted by Crippen LogP contribution is 2.28. The Kier molecular flexibility index (Phi) is 5.26. The zero-order chi connectivity index (χ0) is 14.5. The van der Waals surface area contributed by atoms with Crippen molar-refractivity contribution in [1.29, 1.82) is 0 Å². The average Bonchev–Trinajstić information content (AvgIpc) is 2.83. The molecule has 0 spiro atoms. The molecule has 1 aromatic carbocycles. The van der Waals surface area contributed by atoms with Crippen LogP contribution in [0.15, 0.2) is 18.2 Å². The van der Waals surface area contributed by atoms with Gasteiger partial charge in [-0.3, -0.25) is 0 Å². The third-order valence-corrected chi connectivity index (χ3v) is 3.90. The van der Waals surface area contributed by atoms with Gasteiger partial charge in [0.15, 0.2) is 11.5 Å². The first-order valence-corrected chi connectivity index (χ1v) is 7.28. The maximum atomic E-state index is 5.35. The smallest absolute Gasteiger partial charge is 0.160 e. The van der Waals surface area contributed by atoms with E-state index in [9.17, 15) is 0 Å². The maximum Gasteiger partial charge on any atom is 0.160 e. The monoisotopic (exact) mass is 278 g/mol. The standard InChI is InChI=1S/C16H26N2O2/c1-12(17-14-7-8-18(2)11-14)9-13-5-6-15(19-3)16(10-13)20-4/h5-6,10,12,14,17H,7-9,11H2,1-4H3. The molecular formula is C16H26N2O2. The van der Waals surface area contributed by atoms with Crippen molar-refractivity contribution in [3.05, 3.63) is 23.8 Å². The molecule has 1 N–H and O–H groups in total. The van der Waals surface area contributed by atoms with Gasteiger partial charge in [-0.05, 0) is 51.1 Å². The van der Waals surface area contributed by atoms with Crippen molar-refractivity contribution >= 4 is 0 Å². The molecule has 0 amide bonds. The predicted molar refractivity (Wildman–Crippen MR) is 81.7 cm³/mol. The van der Waals surface area contributed by atoms with Gasteiger partial charge in [-0.1, -0.05) is 6.07 Å². The molecule has 2 rings (SSSR count). The molecule has 4 nitrogen and oxygen atoms in total. The van der Waals surface area contributed by atoms with Gasteiger partial charge in [-0.2, -0.15) is 0 Å². The van der Waals surface area contributed by atoms with Crippen molar-refractivity contribution in [2.24, 2.45) is 0 Å². The number of hydrogen-bond donors (Lipinski definition) is 1. The van der Waals surface area contributed by atoms with E-state index in [4.69, 9.17) is 9.47 Å². The van der Waals surface area contributed by atoms with E-state index < -0.39 is 0 Å². The van der Waals surface area contributed by atoms with Crippen LogP contribution in [0.1, 0.15) is 18.9 Å². The number of methoxy groups -OCH3 is 2. The number of likely N-dealkylation sites (N-methyl/N-ethyl adjacent to an activating group) is 1. The zero-order valence-electron chi connectivity index (χ0n) is 13.0. The Morgan fingerprint density at radius 3 is 2.65 bits per heavy atom. The van der Waals surface area contributed by atoms with Crippen LogP contribution in [0, 0.1) is 0 Å². The highest BCUT2D eigenvalue weighted by atomic mass is 16.5. The van der Waals surface area contributed by atoms with Gasteiger partial charge < -0.3 is 19.7 Å². The predicted octanol–water partition coefficient (Wildman–Crippen LogP) is 1.93. The van der Waals surface area contributed by atoms with Gasteiger partial charge in [0.25, 0.3) is 0 Å². The molecule has 4 heteroatoms. The summed E-state index contributed by atoms with van der Waals surface area (Å²) in [5.41, 5.74) is 1.27. The van der Waals surface area contributed by atoms with E-state index in [1.54, 1.807) is 14.2 Å². The summed E-state index contributed by atoms with van der Waals surface area (Å²) < 4.78 is 10.6. The third-order valence-electron chi connectivity index (χ3n) is 3.90. The van der Waals surface area contributed by atoms with Crippen LogP contribution in [0.25, 0.3) is 0 Å². The summed E-state index contributed by atoms with van der Waals surface area (Å²) in [6.07, 6.45) is 2.24. The number of hydrogen-bond acceptors (Lipinski definition) is 4. The van der Waals surface area contributed by atoms with Crippen LogP contribution < -0.4 is 14.8 Å². The molecule has 0 radical (unpaired) electrons. The molecule has 0 saturated carbocycles. The molecule has 0 aliphatic carbocycles. The van der Waals surface area contributed by atoms with Crippen LogP contribution in [-0.4, -0.2) is 51.3 Å². The highest BCUT2D eigenvalue weighted by Gasteiger charge is 2.20. The second-order valence-corrected chi connectivity index (χ2v) is 5.71. The van der Waals surface area contributed by atoms with Crippen molar-refractivity contribution in [2.75, 3.05) is 34.4 Å². The Morgan fingerprint density at radius 2 is 2.05 bits per heavy atom. The van der Waals surface area contributed by atoms with Crippen LogP contribution >= 0.6 is 0 Å². The van der Waals surface area contributed by atoms with E-state index in [1.165, 1.54) is 18.5 Å². The molecule has 1 aliphatic rings. The fourth-order valence-corrected chi connectivity index (χ4v) is 2.89. The van der Waals surface area contributed by atoms with E-state index in [-0.39, 0.29) is 0 Å². The molecule has 2 unspecified atom stereocenters. The lowest BCUT2D eigenvalue weighted by atomic mass is 10.1.